The van der Waals surface area contributed by atoms with Crippen LogP contribution in [0.1, 0.15) is 16.9 Å². The minimum Gasteiger partial charge on any atom is -0.476 e. The quantitative estimate of drug-likeness (QED) is 0.596. The number of hydrogen-bond acceptors (Lipinski definition) is 4. The number of aromatic nitrogens is 2. The van der Waals surface area contributed by atoms with Crippen molar-refractivity contribution in [1.82, 2.24) is 9.97 Å². The van der Waals surface area contributed by atoms with Crippen LogP contribution in [-0.4, -0.2) is 27.6 Å². The zero-order chi connectivity index (χ0) is 11.3. The van der Waals surface area contributed by atoms with Gasteiger partial charge in [-0.1, -0.05) is 11.6 Å². The van der Waals surface area contributed by atoms with Gasteiger partial charge in [0.1, 0.15) is 0 Å². The smallest absolute Gasteiger partial charge is 0.356 e. The molecule has 0 saturated heterocycles. The number of carboxylic acids is 1. The maximum Gasteiger partial charge on any atom is 0.356 e. The number of anilines is 1. The number of carboxylic acid groups (broad SMARTS) is 1. The van der Waals surface area contributed by atoms with E-state index in [-0.39, 0.29) is 16.7 Å². The summed E-state index contributed by atoms with van der Waals surface area (Å²) >= 11 is 5.59. The van der Waals surface area contributed by atoms with Crippen LogP contribution in [-0.2, 0) is 0 Å². The monoisotopic (exact) mass is 225 g/mol. The molecule has 0 aliphatic carbocycles. The van der Waals surface area contributed by atoms with Gasteiger partial charge in [-0.3, -0.25) is 0 Å². The molecule has 0 aromatic carbocycles. The third kappa shape index (κ3) is 3.11. The lowest BCUT2D eigenvalue weighted by molar-refractivity contribution is 0.0690. The molecule has 1 aromatic heterocycles. The number of halogens is 1. The van der Waals surface area contributed by atoms with Gasteiger partial charge < -0.3 is 10.4 Å². The fourth-order valence-corrected chi connectivity index (χ4v) is 1.02. The molecule has 1 aromatic rings. The van der Waals surface area contributed by atoms with Gasteiger partial charge in [-0.25, -0.2) is 14.8 Å². The van der Waals surface area contributed by atoms with Crippen LogP contribution in [0.5, 0.6) is 0 Å². The summed E-state index contributed by atoms with van der Waals surface area (Å²) in [5.74, 6) is 1.44. The molecule has 0 aliphatic heterocycles. The molecule has 0 spiro atoms. The molecular weight excluding hydrogens is 218 g/mol. The SMILES string of the molecule is C#CCCNc1ncc(Cl)c(C(=O)O)n1. The largest absolute Gasteiger partial charge is 0.476 e. The maximum absolute atomic E-state index is 10.7. The number of aromatic carboxylic acids is 1. The zero-order valence-corrected chi connectivity index (χ0v) is 8.45. The standard InChI is InChI=1S/C9H8ClN3O2/c1-2-3-4-11-9-12-5-6(10)7(13-9)8(14)15/h1,5H,3-4H2,(H,14,15)(H,11,12,13). The molecule has 0 atom stereocenters. The average Bonchev–Trinajstić information content (AvgIpc) is 2.20. The molecular formula is C9H8ClN3O2. The predicted octanol–water partition coefficient (Wildman–Crippen LogP) is 1.26. The van der Waals surface area contributed by atoms with E-state index in [2.05, 4.69) is 21.2 Å². The second-order valence-electron chi connectivity index (χ2n) is 2.58. The Balaban J connectivity index is 2.79. The molecule has 0 radical (unpaired) electrons. The van der Waals surface area contributed by atoms with E-state index >= 15 is 0 Å². The number of terminal acetylenes is 1. The fourth-order valence-electron chi connectivity index (χ4n) is 0.849. The van der Waals surface area contributed by atoms with Crippen molar-refractivity contribution in [2.75, 3.05) is 11.9 Å². The Bertz CT molecular complexity index is 414. The van der Waals surface area contributed by atoms with Crippen LogP contribution >= 0.6 is 11.6 Å². The van der Waals surface area contributed by atoms with Gasteiger partial charge in [0.15, 0.2) is 5.69 Å². The summed E-state index contributed by atoms with van der Waals surface area (Å²) in [5.41, 5.74) is -0.227. The topological polar surface area (TPSA) is 75.1 Å². The Kier molecular flexibility index (Phi) is 3.89. The zero-order valence-electron chi connectivity index (χ0n) is 7.70. The van der Waals surface area contributed by atoms with Crippen molar-refractivity contribution in [2.24, 2.45) is 0 Å². The van der Waals surface area contributed by atoms with Gasteiger partial charge in [-0.15, -0.1) is 12.3 Å². The van der Waals surface area contributed by atoms with Gasteiger partial charge in [0, 0.05) is 13.0 Å². The van der Waals surface area contributed by atoms with Gasteiger partial charge in [0.2, 0.25) is 5.95 Å². The van der Waals surface area contributed by atoms with Crippen LogP contribution in [0.15, 0.2) is 6.20 Å². The van der Waals surface area contributed by atoms with Crippen LogP contribution in [0.2, 0.25) is 5.02 Å². The first-order valence-corrected chi connectivity index (χ1v) is 4.46. The average molecular weight is 226 g/mol. The first kappa shape index (κ1) is 11.3. The Morgan fingerprint density at radius 1 is 1.73 bits per heavy atom. The summed E-state index contributed by atoms with van der Waals surface area (Å²) in [6.45, 7) is 0.483. The normalized spacial score (nSPS) is 9.33. The molecule has 1 rings (SSSR count). The summed E-state index contributed by atoms with van der Waals surface area (Å²) in [6, 6.07) is 0. The first-order valence-electron chi connectivity index (χ1n) is 4.08. The van der Waals surface area contributed by atoms with Gasteiger partial charge in [0.25, 0.3) is 0 Å². The Labute approximate surface area is 91.5 Å². The summed E-state index contributed by atoms with van der Waals surface area (Å²) < 4.78 is 0. The van der Waals surface area contributed by atoms with Crippen molar-refractivity contribution in [3.8, 4) is 12.3 Å². The fraction of sp³-hybridized carbons (Fsp3) is 0.222. The van der Waals surface area contributed by atoms with Crippen LogP contribution in [0.3, 0.4) is 0 Å². The summed E-state index contributed by atoms with van der Waals surface area (Å²) in [5, 5.41) is 11.5. The number of nitrogens with zero attached hydrogens (tertiary/aromatic N) is 2. The third-order valence-corrected chi connectivity index (χ3v) is 1.78. The Hall–Kier alpha value is -1.80. The van der Waals surface area contributed by atoms with Crippen molar-refractivity contribution >= 4 is 23.5 Å². The number of rotatable bonds is 4. The van der Waals surface area contributed by atoms with E-state index in [1.807, 2.05) is 0 Å². The molecule has 6 heteroatoms. The van der Waals surface area contributed by atoms with Crippen molar-refractivity contribution in [3.63, 3.8) is 0 Å². The first-order chi connectivity index (χ1) is 7.15. The van der Waals surface area contributed by atoms with Crippen LogP contribution in [0.25, 0.3) is 0 Å². The summed E-state index contributed by atoms with van der Waals surface area (Å²) in [4.78, 5) is 18.2. The molecule has 0 bridgehead atoms. The third-order valence-electron chi connectivity index (χ3n) is 1.50. The molecule has 0 saturated carbocycles. The highest BCUT2D eigenvalue weighted by Gasteiger charge is 2.11. The Morgan fingerprint density at radius 2 is 2.47 bits per heavy atom. The molecule has 5 nitrogen and oxygen atoms in total. The maximum atomic E-state index is 10.7. The van der Waals surface area contributed by atoms with Crippen LogP contribution in [0.4, 0.5) is 5.95 Å². The van der Waals surface area contributed by atoms with Crippen LogP contribution in [0, 0.1) is 12.3 Å². The van der Waals surface area contributed by atoms with E-state index in [1.165, 1.54) is 6.20 Å². The minimum atomic E-state index is -1.19. The highest BCUT2D eigenvalue weighted by molar-refractivity contribution is 6.33. The van der Waals surface area contributed by atoms with Crippen molar-refractivity contribution < 1.29 is 9.90 Å². The van der Waals surface area contributed by atoms with Crippen LogP contribution < -0.4 is 5.32 Å². The second-order valence-corrected chi connectivity index (χ2v) is 2.98. The molecule has 78 valence electrons. The lowest BCUT2D eigenvalue weighted by atomic mass is 10.4. The van der Waals surface area contributed by atoms with E-state index in [9.17, 15) is 4.79 Å². The molecule has 2 N–H and O–H groups in total. The minimum absolute atomic E-state index is 0.00463. The highest BCUT2D eigenvalue weighted by atomic mass is 35.5. The lowest BCUT2D eigenvalue weighted by Gasteiger charge is -2.03. The molecule has 0 fully saturated rings. The highest BCUT2D eigenvalue weighted by Crippen LogP contribution is 2.13. The summed E-state index contributed by atoms with van der Waals surface area (Å²) in [7, 11) is 0. The van der Waals surface area contributed by atoms with E-state index in [4.69, 9.17) is 23.1 Å². The van der Waals surface area contributed by atoms with E-state index in [0.29, 0.717) is 13.0 Å². The number of hydrogen-bond donors (Lipinski definition) is 2. The predicted molar refractivity (Wildman–Crippen MR) is 55.9 cm³/mol. The van der Waals surface area contributed by atoms with Crippen molar-refractivity contribution in [2.45, 2.75) is 6.42 Å². The van der Waals surface area contributed by atoms with Crippen molar-refractivity contribution in [3.05, 3.63) is 16.9 Å². The Morgan fingerprint density at radius 3 is 3.07 bits per heavy atom. The molecule has 15 heavy (non-hydrogen) atoms. The number of nitrogens with one attached hydrogen (secondary N) is 1. The molecule has 1 heterocycles. The van der Waals surface area contributed by atoms with E-state index in [0.717, 1.165) is 0 Å². The van der Waals surface area contributed by atoms with E-state index in [1.54, 1.807) is 0 Å². The van der Waals surface area contributed by atoms with Gasteiger partial charge in [0.05, 0.1) is 11.2 Å². The second kappa shape index (κ2) is 5.17. The summed E-state index contributed by atoms with van der Waals surface area (Å²) in [6.07, 6.45) is 6.79. The molecule has 0 aliphatic rings. The molecule has 0 amide bonds. The number of carbonyl (C=O) groups is 1. The lowest BCUT2D eigenvalue weighted by Crippen LogP contribution is -2.09. The van der Waals surface area contributed by atoms with Gasteiger partial charge >= 0.3 is 5.97 Å². The van der Waals surface area contributed by atoms with Crippen molar-refractivity contribution in [1.29, 1.82) is 0 Å². The molecule has 0 unspecified atom stereocenters. The van der Waals surface area contributed by atoms with Gasteiger partial charge in [-0.2, -0.15) is 0 Å². The van der Waals surface area contributed by atoms with Gasteiger partial charge in [-0.05, 0) is 0 Å². The van der Waals surface area contributed by atoms with E-state index < -0.39 is 5.97 Å².